The van der Waals surface area contributed by atoms with Crippen LogP contribution in [0.3, 0.4) is 0 Å². The Hall–Kier alpha value is -1.81. The molecule has 4 heteroatoms. The van der Waals surface area contributed by atoms with Crippen molar-refractivity contribution in [2.45, 2.75) is 26.7 Å². The molecular weight excluding hydrogens is 238 g/mol. The minimum atomic E-state index is 0.326. The number of nitrogens with zero attached hydrogens (tertiary/aromatic N) is 2. The van der Waals surface area contributed by atoms with Crippen LogP contribution in [0.2, 0.25) is 0 Å². The number of nitrogens with two attached hydrogens (primary N) is 1. The molecule has 0 saturated heterocycles. The van der Waals surface area contributed by atoms with E-state index in [1.54, 1.807) is 7.11 Å². The number of methoxy groups -OCH3 is 1. The highest BCUT2D eigenvalue weighted by molar-refractivity contribution is 5.41. The van der Waals surface area contributed by atoms with Crippen molar-refractivity contribution in [1.29, 1.82) is 0 Å². The molecule has 1 aromatic carbocycles. The molecular formula is C15H21N3O. The maximum atomic E-state index is 5.77. The lowest BCUT2D eigenvalue weighted by Crippen LogP contribution is -2.10. The number of hydrogen-bond donors (Lipinski definition) is 1. The van der Waals surface area contributed by atoms with E-state index in [1.165, 1.54) is 5.56 Å². The Labute approximate surface area is 114 Å². The summed E-state index contributed by atoms with van der Waals surface area (Å²) in [5.41, 5.74) is 10.3. The molecule has 1 unspecified atom stereocenters. The molecule has 102 valence electrons. The van der Waals surface area contributed by atoms with Crippen LogP contribution in [0.1, 0.15) is 29.8 Å². The van der Waals surface area contributed by atoms with E-state index in [4.69, 9.17) is 10.5 Å². The van der Waals surface area contributed by atoms with Crippen molar-refractivity contribution in [2.24, 2.45) is 5.73 Å². The second-order valence-electron chi connectivity index (χ2n) is 4.83. The summed E-state index contributed by atoms with van der Waals surface area (Å²) in [6, 6.07) is 7.90. The highest BCUT2D eigenvalue weighted by Gasteiger charge is 2.17. The fourth-order valence-corrected chi connectivity index (χ4v) is 2.46. The van der Waals surface area contributed by atoms with Crippen molar-refractivity contribution in [1.82, 2.24) is 9.78 Å². The van der Waals surface area contributed by atoms with Crippen LogP contribution < -0.4 is 10.5 Å². The number of hydrogen-bond acceptors (Lipinski definition) is 3. The van der Waals surface area contributed by atoms with Crippen molar-refractivity contribution >= 4 is 0 Å². The van der Waals surface area contributed by atoms with E-state index < -0.39 is 0 Å². The van der Waals surface area contributed by atoms with Gasteiger partial charge in [0.15, 0.2) is 0 Å². The van der Waals surface area contributed by atoms with Crippen LogP contribution in [0, 0.1) is 13.8 Å². The smallest absolute Gasteiger partial charge is 0.119 e. The molecule has 0 radical (unpaired) electrons. The Bertz CT molecular complexity index is 558. The largest absolute Gasteiger partial charge is 0.497 e. The molecule has 2 rings (SSSR count). The van der Waals surface area contributed by atoms with Crippen molar-refractivity contribution in [3.63, 3.8) is 0 Å². The predicted octanol–water partition coefficient (Wildman–Crippen LogP) is 2.56. The van der Waals surface area contributed by atoms with Gasteiger partial charge in [-0.1, -0.05) is 6.92 Å². The van der Waals surface area contributed by atoms with Gasteiger partial charge in [0.1, 0.15) is 5.75 Å². The summed E-state index contributed by atoms with van der Waals surface area (Å²) >= 11 is 0. The van der Waals surface area contributed by atoms with E-state index >= 15 is 0 Å². The van der Waals surface area contributed by atoms with Crippen molar-refractivity contribution in [3.8, 4) is 11.4 Å². The Morgan fingerprint density at radius 3 is 2.42 bits per heavy atom. The zero-order valence-corrected chi connectivity index (χ0v) is 12.0. The minimum Gasteiger partial charge on any atom is -0.497 e. The Morgan fingerprint density at radius 2 is 1.89 bits per heavy atom. The van der Waals surface area contributed by atoms with Gasteiger partial charge in [-0.15, -0.1) is 0 Å². The van der Waals surface area contributed by atoms with Crippen LogP contribution in [0.4, 0.5) is 0 Å². The zero-order valence-electron chi connectivity index (χ0n) is 12.0. The molecule has 2 aromatic rings. The first-order valence-electron chi connectivity index (χ1n) is 6.49. The van der Waals surface area contributed by atoms with Crippen molar-refractivity contribution < 1.29 is 4.74 Å². The lowest BCUT2D eigenvalue weighted by Gasteiger charge is -2.10. The summed E-state index contributed by atoms with van der Waals surface area (Å²) in [5, 5.41) is 4.63. The molecule has 0 bridgehead atoms. The Balaban J connectivity index is 2.45. The van der Waals surface area contributed by atoms with Gasteiger partial charge in [-0.05, 0) is 50.6 Å². The summed E-state index contributed by atoms with van der Waals surface area (Å²) < 4.78 is 7.14. The van der Waals surface area contributed by atoms with Crippen LogP contribution in [0.15, 0.2) is 24.3 Å². The van der Waals surface area contributed by atoms with Crippen LogP contribution in [-0.4, -0.2) is 23.4 Å². The molecule has 1 aromatic heterocycles. The Kier molecular flexibility index (Phi) is 3.90. The first-order chi connectivity index (χ1) is 9.08. The van der Waals surface area contributed by atoms with Gasteiger partial charge in [-0.2, -0.15) is 5.10 Å². The monoisotopic (exact) mass is 259 g/mol. The van der Waals surface area contributed by atoms with Crippen molar-refractivity contribution in [2.75, 3.05) is 13.7 Å². The van der Waals surface area contributed by atoms with Crippen LogP contribution >= 0.6 is 0 Å². The number of benzene rings is 1. The summed E-state index contributed by atoms with van der Waals surface area (Å²) in [6.45, 7) is 6.89. The lowest BCUT2D eigenvalue weighted by atomic mass is 9.99. The third kappa shape index (κ3) is 2.49. The molecule has 0 saturated carbocycles. The second kappa shape index (κ2) is 5.45. The van der Waals surface area contributed by atoms with E-state index in [9.17, 15) is 0 Å². The minimum absolute atomic E-state index is 0.326. The maximum absolute atomic E-state index is 5.77. The van der Waals surface area contributed by atoms with Crippen LogP contribution in [0.25, 0.3) is 5.69 Å². The van der Waals surface area contributed by atoms with E-state index in [0.717, 1.165) is 22.8 Å². The number of aryl methyl sites for hydroxylation is 1. The van der Waals surface area contributed by atoms with Crippen LogP contribution in [0.5, 0.6) is 5.75 Å². The quantitative estimate of drug-likeness (QED) is 0.918. The zero-order chi connectivity index (χ0) is 14.0. The summed E-state index contributed by atoms with van der Waals surface area (Å²) in [5.74, 6) is 1.17. The van der Waals surface area contributed by atoms with E-state index in [-0.39, 0.29) is 0 Å². The van der Waals surface area contributed by atoms with E-state index in [1.807, 2.05) is 35.9 Å². The van der Waals surface area contributed by atoms with Gasteiger partial charge in [0.05, 0.1) is 18.5 Å². The van der Waals surface area contributed by atoms with E-state index in [0.29, 0.717) is 12.5 Å². The number of aromatic nitrogens is 2. The fraction of sp³-hybridized carbons (Fsp3) is 0.400. The average Bonchev–Trinajstić information content (AvgIpc) is 2.73. The topological polar surface area (TPSA) is 53.1 Å². The van der Waals surface area contributed by atoms with Gasteiger partial charge in [0.2, 0.25) is 0 Å². The van der Waals surface area contributed by atoms with Gasteiger partial charge in [-0.25, -0.2) is 4.68 Å². The average molecular weight is 259 g/mol. The lowest BCUT2D eigenvalue weighted by molar-refractivity contribution is 0.414. The van der Waals surface area contributed by atoms with Crippen LogP contribution in [-0.2, 0) is 0 Å². The molecule has 0 aliphatic rings. The molecule has 4 nitrogen and oxygen atoms in total. The highest BCUT2D eigenvalue weighted by Crippen LogP contribution is 2.25. The van der Waals surface area contributed by atoms with Crippen molar-refractivity contribution in [3.05, 3.63) is 41.2 Å². The van der Waals surface area contributed by atoms with Gasteiger partial charge in [0.25, 0.3) is 0 Å². The van der Waals surface area contributed by atoms with E-state index in [2.05, 4.69) is 18.9 Å². The first-order valence-corrected chi connectivity index (χ1v) is 6.49. The number of rotatable bonds is 4. The molecule has 0 aliphatic carbocycles. The standard InChI is InChI=1S/C15H21N3O/c1-10(9-16)15-11(2)17-18(12(15)3)13-5-7-14(19-4)8-6-13/h5-8,10H,9,16H2,1-4H3. The Morgan fingerprint density at radius 1 is 1.26 bits per heavy atom. The molecule has 0 spiro atoms. The third-order valence-electron chi connectivity index (χ3n) is 3.51. The van der Waals surface area contributed by atoms with Gasteiger partial charge in [-0.3, -0.25) is 0 Å². The molecule has 0 fully saturated rings. The summed E-state index contributed by atoms with van der Waals surface area (Å²) in [6.07, 6.45) is 0. The van der Waals surface area contributed by atoms with Gasteiger partial charge in [0, 0.05) is 11.3 Å². The summed E-state index contributed by atoms with van der Waals surface area (Å²) in [4.78, 5) is 0. The normalized spacial score (nSPS) is 12.5. The highest BCUT2D eigenvalue weighted by atomic mass is 16.5. The van der Waals surface area contributed by atoms with Gasteiger partial charge < -0.3 is 10.5 Å². The molecule has 1 atom stereocenters. The van der Waals surface area contributed by atoms with Gasteiger partial charge >= 0.3 is 0 Å². The predicted molar refractivity (Wildman–Crippen MR) is 77.1 cm³/mol. The SMILES string of the molecule is COc1ccc(-n2nc(C)c(C(C)CN)c2C)cc1. The molecule has 2 N–H and O–H groups in total. The molecule has 1 heterocycles. The fourth-order valence-electron chi connectivity index (χ4n) is 2.46. The molecule has 0 amide bonds. The third-order valence-corrected chi connectivity index (χ3v) is 3.51. The summed E-state index contributed by atoms with van der Waals surface area (Å²) in [7, 11) is 1.67. The number of ether oxygens (including phenoxy) is 1. The molecule has 19 heavy (non-hydrogen) atoms. The molecule has 0 aliphatic heterocycles. The maximum Gasteiger partial charge on any atom is 0.119 e. The second-order valence-corrected chi connectivity index (χ2v) is 4.83. The first kappa shape index (κ1) is 13.6.